The highest BCUT2D eigenvalue weighted by Crippen LogP contribution is 2.35. The first kappa shape index (κ1) is 19.2. The van der Waals surface area contributed by atoms with Gasteiger partial charge in [0.2, 0.25) is 0 Å². The molecule has 0 spiro atoms. The molecule has 2 N–H and O–H groups in total. The fourth-order valence-corrected chi connectivity index (χ4v) is 2.83. The molecule has 24 heavy (non-hydrogen) atoms. The van der Waals surface area contributed by atoms with E-state index in [1.165, 1.54) is 0 Å². The number of methoxy groups -OCH3 is 1. The van der Waals surface area contributed by atoms with Gasteiger partial charge in [-0.2, -0.15) is 0 Å². The molecule has 0 bridgehead atoms. The van der Waals surface area contributed by atoms with Crippen molar-refractivity contribution in [3.63, 3.8) is 0 Å². The summed E-state index contributed by atoms with van der Waals surface area (Å²) in [5.41, 5.74) is 1.55. The Balaban J connectivity index is 2.16. The van der Waals surface area contributed by atoms with Crippen LogP contribution in [0, 0.1) is 0 Å². The van der Waals surface area contributed by atoms with Crippen molar-refractivity contribution in [2.75, 3.05) is 20.3 Å². The summed E-state index contributed by atoms with van der Waals surface area (Å²) in [5.74, 6) is 1.06. The zero-order chi connectivity index (χ0) is 17.5. The second-order valence-electron chi connectivity index (χ2n) is 4.98. The molecule has 0 aliphatic carbocycles. The predicted octanol–water partition coefficient (Wildman–Crippen LogP) is 4.32. The Hall–Kier alpha value is -1.17. The molecular formula is C17H18Cl3NO3. The van der Waals surface area contributed by atoms with E-state index in [9.17, 15) is 0 Å². The maximum Gasteiger partial charge on any atom is 0.163 e. The van der Waals surface area contributed by atoms with Gasteiger partial charge in [0.1, 0.15) is 6.61 Å². The zero-order valence-corrected chi connectivity index (χ0v) is 15.4. The van der Waals surface area contributed by atoms with Crippen molar-refractivity contribution < 1.29 is 14.6 Å². The Kier molecular flexibility index (Phi) is 7.46. The maximum absolute atomic E-state index is 8.82. The van der Waals surface area contributed by atoms with Crippen LogP contribution in [0.2, 0.25) is 15.1 Å². The SMILES string of the molecule is COc1cc(CNCCO)c(Cl)cc1OCc1c(Cl)cccc1Cl. The van der Waals surface area contributed by atoms with Crippen molar-refractivity contribution in [3.8, 4) is 11.5 Å². The predicted molar refractivity (Wildman–Crippen MR) is 97.6 cm³/mol. The fraction of sp³-hybridized carbons (Fsp3) is 0.294. The van der Waals surface area contributed by atoms with Crippen LogP contribution < -0.4 is 14.8 Å². The third kappa shape index (κ3) is 4.91. The molecule has 0 atom stereocenters. The van der Waals surface area contributed by atoms with Gasteiger partial charge < -0.3 is 19.9 Å². The zero-order valence-electron chi connectivity index (χ0n) is 13.1. The molecule has 0 fully saturated rings. The third-order valence-corrected chi connectivity index (χ3v) is 4.43. The summed E-state index contributed by atoms with van der Waals surface area (Å²) in [6.45, 7) is 1.27. The van der Waals surface area contributed by atoms with Crippen molar-refractivity contribution in [3.05, 3.63) is 56.5 Å². The quantitative estimate of drug-likeness (QED) is 0.659. The number of ether oxygens (including phenoxy) is 2. The molecule has 130 valence electrons. The first-order chi connectivity index (χ1) is 11.6. The number of nitrogens with one attached hydrogen (secondary N) is 1. The maximum atomic E-state index is 8.82. The van der Waals surface area contributed by atoms with E-state index in [4.69, 9.17) is 49.4 Å². The smallest absolute Gasteiger partial charge is 0.163 e. The minimum absolute atomic E-state index is 0.0640. The minimum Gasteiger partial charge on any atom is -0.493 e. The molecule has 0 aliphatic heterocycles. The molecule has 7 heteroatoms. The van der Waals surface area contributed by atoms with Crippen molar-refractivity contribution >= 4 is 34.8 Å². The van der Waals surface area contributed by atoms with Crippen molar-refractivity contribution in [2.24, 2.45) is 0 Å². The van der Waals surface area contributed by atoms with Gasteiger partial charge in [-0.15, -0.1) is 0 Å². The normalized spacial score (nSPS) is 10.7. The monoisotopic (exact) mass is 389 g/mol. The molecule has 2 aromatic carbocycles. The van der Waals surface area contributed by atoms with Gasteiger partial charge in [0.05, 0.1) is 13.7 Å². The van der Waals surface area contributed by atoms with Crippen LogP contribution in [-0.2, 0) is 13.2 Å². The number of hydrogen-bond acceptors (Lipinski definition) is 4. The lowest BCUT2D eigenvalue weighted by molar-refractivity contribution is 0.284. The first-order valence-corrected chi connectivity index (χ1v) is 8.44. The van der Waals surface area contributed by atoms with Gasteiger partial charge in [0.25, 0.3) is 0 Å². The second kappa shape index (κ2) is 9.35. The van der Waals surface area contributed by atoms with Gasteiger partial charge in [-0.25, -0.2) is 0 Å². The second-order valence-corrected chi connectivity index (χ2v) is 6.21. The van der Waals surface area contributed by atoms with Gasteiger partial charge in [-0.1, -0.05) is 40.9 Å². The highest BCUT2D eigenvalue weighted by molar-refractivity contribution is 6.36. The van der Waals surface area contributed by atoms with Gasteiger partial charge in [0, 0.05) is 39.8 Å². The molecule has 0 heterocycles. The van der Waals surface area contributed by atoms with Crippen LogP contribution in [0.25, 0.3) is 0 Å². The minimum atomic E-state index is 0.0640. The van der Waals surface area contributed by atoms with Crippen LogP contribution in [-0.4, -0.2) is 25.4 Å². The van der Waals surface area contributed by atoms with Crippen molar-refractivity contribution in [1.82, 2.24) is 5.32 Å². The topological polar surface area (TPSA) is 50.7 Å². The average molecular weight is 391 g/mol. The van der Waals surface area contributed by atoms with Crippen molar-refractivity contribution in [1.29, 1.82) is 0 Å². The largest absolute Gasteiger partial charge is 0.493 e. The summed E-state index contributed by atoms with van der Waals surface area (Å²) in [6.07, 6.45) is 0. The average Bonchev–Trinajstić information content (AvgIpc) is 2.56. The number of halogens is 3. The summed E-state index contributed by atoms with van der Waals surface area (Å²) < 4.78 is 11.2. The summed E-state index contributed by atoms with van der Waals surface area (Å²) in [4.78, 5) is 0. The van der Waals surface area contributed by atoms with Crippen LogP contribution >= 0.6 is 34.8 Å². The Labute approximate surface area is 156 Å². The molecular weight excluding hydrogens is 373 g/mol. The van der Waals surface area contributed by atoms with Gasteiger partial charge in [-0.3, -0.25) is 0 Å². The van der Waals surface area contributed by atoms with E-state index in [0.717, 1.165) is 5.56 Å². The molecule has 2 rings (SSSR count). The highest BCUT2D eigenvalue weighted by atomic mass is 35.5. The molecule has 0 aromatic heterocycles. The van der Waals surface area contributed by atoms with Gasteiger partial charge in [-0.05, 0) is 23.8 Å². The van der Waals surface area contributed by atoms with E-state index in [1.54, 1.807) is 37.4 Å². The van der Waals surface area contributed by atoms with E-state index in [-0.39, 0.29) is 13.2 Å². The summed E-state index contributed by atoms with van der Waals surface area (Å²) in [6, 6.07) is 8.79. The van der Waals surface area contributed by atoms with Crippen molar-refractivity contribution in [2.45, 2.75) is 13.2 Å². The summed E-state index contributed by atoms with van der Waals surface area (Å²) >= 11 is 18.6. The fourth-order valence-electron chi connectivity index (χ4n) is 2.11. The molecule has 0 aliphatic rings. The number of rotatable bonds is 8. The molecule has 0 amide bonds. The van der Waals surface area contributed by atoms with Crippen LogP contribution in [0.1, 0.15) is 11.1 Å². The lowest BCUT2D eigenvalue weighted by Gasteiger charge is -2.15. The van der Waals surface area contributed by atoms with E-state index in [2.05, 4.69) is 5.32 Å². The molecule has 0 radical (unpaired) electrons. The Morgan fingerprint density at radius 2 is 1.75 bits per heavy atom. The van der Waals surface area contributed by atoms with Crippen LogP contribution in [0.4, 0.5) is 0 Å². The highest BCUT2D eigenvalue weighted by Gasteiger charge is 2.13. The number of hydrogen-bond donors (Lipinski definition) is 2. The lowest BCUT2D eigenvalue weighted by atomic mass is 10.2. The van der Waals surface area contributed by atoms with Crippen LogP contribution in [0.15, 0.2) is 30.3 Å². The Morgan fingerprint density at radius 3 is 2.38 bits per heavy atom. The van der Waals surface area contributed by atoms with Gasteiger partial charge >= 0.3 is 0 Å². The number of aliphatic hydroxyl groups is 1. The van der Waals surface area contributed by atoms with E-state index in [1.807, 2.05) is 0 Å². The first-order valence-electron chi connectivity index (χ1n) is 7.30. The lowest BCUT2D eigenvalue weighted by Crippen LogP contribution is -2.17. The Bertz CT molecular complexity index is 675. The number of benzene rings is 2. The molecule has 0 saturated heterocycles. The van der Waals surface area contributed by atoms with E-state index >= 15 is 0 Å². The van der Waals surface area contributed by atoms with Crippen LogP contribution in [0.3, 0.4) is 0 Å². The van der Waals surface area contributed by atoms with E-state index < -0.39 is 0 Å². The summed E-state index contributed by atoms with van der Waals surface area (Å²) in [5, 5.41) is 13.5. The summed E-state index contributed by atoms with van der Waals surface area (Å²) in [7, 11) is 1.56. The molecule has 0 unspecified atom stereocenters. The Morgan fingerprint density at radius 1 is 1.04 bits per heavy atom. The molecule has 2 aromatic rings. The van der Waals surface area contributed by atoms with E-state index in [0.29, 0.717) is 45.2 Å². The van der Waals surface area contributed by atoms with Crippen LogP contribution in [0.5, 0.6) is 11.5 Å². The standard InChI is InChI=1S/C17H18Cl3NO3/c1-23-16-7-11(9-21-5-6-22)15(20)8-17(16)24-10-12-13(18)3-2-4-14(12)19/h2-4,7-8,21-22H,5-6,9-10H2,1H3. The molecule has 0 saturated carbocycles. The third-order valence-electron chi connectivity index (χ3n) is 3.37. The molecule has 4 nitrogen and oxygen atoms in total. The van der Waals surface area contributed by atoms with Gasteiger partial charge in [0.15, 0.2) is 11.5 Å². The number of aliphatic hydroxyl groups excluding tert-OH is 1.